The third-order valence-electron chi connectivity index (χ3n) is 2.63. The van der Waals surface area contributed by atoms with Gasteiger partial charge in [0.1, 0.15) is 17.5 Å². The predicted molar refractivity (Wildman–Crippen MR) is 86.7 cm³/mol. The summed E-state index contributed by atoms with van der Waals surface area (Å²) in [5, 5.41) is 9.08. The number of nitrogens with one attached hydrogen (secondary N) is 3. The molecule has 0 saturated heterocycles. The van der Waals surface area contributed by atoms with Gasteiger partial charge in [-0.25, -0.2) is 9.97 Å². The lowest BCUT2D eigenvalue weighted by molar-refractivity contribution is -0.119. The Morgan fingerprint density at radius 3 is 2.24 bits per heavy atom. The Balaban J connectivity index is 2.85. The molecular weight excluding hydrogens is 266 g/mol. The van der Waals surface area contributed by atoms with E-state index in [1.807, 2.05) is 26.8 Å². The van der Waals surface area contributed by atoms with Crippen molar-refractivity contribution in [3.63, 3.8) is 0 Å². The molecule has 0 radical (unpaired) electrons. The smallest absolute Gasteiger partial charge is 0.239 e. The van der Waals surface area contributed by atoms with E-state index in [-0.39, 0.29) is 23.9 Å². The second kappa shape index (κ2) is 7.24. The fourth-order valence-corrected chi connectivity index (χ4v) is 1.69. The molecule has 1 aromatic rings. The minimum absolute atomic E-state index is 0.0501. The van der Waals surface area contributed by atoms with Crippen molar-refractivity contribution in [2.45, 2.75) is 53.0 Å². The van der Waals surface area contributed by atoms with Crippen molar-refractivity contribution in [2.24, 2.45) is 0 Å². The van der Waals surface area contributed by atoms with Crippen LogP contribution in [0.1, 0.15) is 47.4 Å². The quantitative estimate of drug-likeness (QED) is 0.749. The summed E-state index contributed by atoms with van der Waals surface area (Å²) >= 11 is 0. The summed E-state index contributed by atoms with van der Waals surface area (Å²) in [4.78, 5) is 20.7. The molecule has 0 spiro atoms. The fraction of sp³-hybridized carbons (Fsp3) is 0.667. The van der Waals surface area contributed by atoms with Crippen LogP contribution in [-0.2, 0) is 10.2 Å². The van der Waals surface area contributed by atoms with Crippen LogP contribution >= 0.6 is 0 Å². The molecule has 21 heavy (non-hydrogen) atoms. The van der Waals surface area contributed by atoms with Crippen LogP contribution in [0.5, 0.6) is 0 Å². The van der Waals surface area contributed by atoms with E-state index in [9.17, 15) is 4.79 Å². The summed E-state index contributed by atoms with van der Waals surface area (Å²) in [5.74, 6) is 2.12. The lowest BCUT2D eigenvalue weighted by Gasteiger charge is -2.19. The third kappa shape index (κ3) is 5.97. The molecule has 0 fully saturated rings. The maximum Gasteiger partial charge on any atom is 0.239 e. The van der Waals surface area contributed by atoms with E-state index in [1.165, 1.54) is 0 Å². The van der Waals surface area contributed by atoms with E-state index in [2.05, 4.69) is 46.7 Å². The second-order valence-electron chi connectivity index (χ2n) is 6.32. The van der Waals surface area contributed by atoms with E-state index in [0.717, 1.165) is 18.2 Å². The number of carbonyl (C=O) groups is 1. The maximum absolute atomic E-state index is 11.7. The highest BCUT2D eigenvalue weighted by Gasteiger charge is 2.19. The monoisotopic (exact) mass is 293 g/mol. The minimum Gasteiger partial charge on any atom is -0.370 e. The molecular formula is C15H27N5O. The average Bonchev–Trinajstić information content (AvgIpc) is 2.35. The fourth-order valence-electron chi connectivity index (χ4n) is 1.69. The van der Waals surface area contributed by atoms with Crippen LogP contribution in [0.2, 0.25) is 0 Å². The van der Waals surface area contributed by atoms with Gasteiger partial charge in [0.15, 0.2) is 0 Å². The lowest BCUT2D eigenvalue weighted by Crippen LogP contribution is -2.35. The Morgan fingerprint density at radius 1 is 1.19 bits per heavy atom. The second-order valence-corrected chi connectivity index (χ2v) is 6.32. The van der Waals surface area contributed by atoms with E-state index in [0.29, 0.717) is 5.82 Å². The Bertz CT molecular complexity index is 479. The molecule has 1 rings (SSSR count). The zero-order valence-electron chi connectivity index (χ0n) is 13.9. The number of aromatic nitrogens is 2. The largest absolute Gasteiger partial charge is 0.370 e. The van der Waals surface area contributed by atoms with Gasteiger partial charge in [0.05, 0.1) is 6.54 Å². The van der Waals surface area contributed by atoms with Gasteiger partial charge in [-0.1, -0.05) is 20.8 Å². The summed E-state index contributed by atoms with van der Waals surface area (Å²) in [6.45, 7) is 13.1. The normalized spacial score (nSPS) is 11.4. The van der Waals surface area contributed by atoms with Gasteiger partial charge in [-0.05, 0) is 20.8 Å². The summed E-state index contributed by atoms with van der Waals surface area (Å²) < 4.78 is 0. The number of carbonyl (C=O) groups excluding carboxylic acids is 1. The zero-order valence-corrected chi connectivity index (χ0v) is 13.9. The number of amides is 1. The van der Waals surface area contributed by atoms with Crippen molar-refractivity contribution in [1.82, 2.24) is 15.3 Å². The van der Waals surface area contributed by atoms with Crippen molar-refractivity contribution < 1.29 is 4.79 Å². The van der Waals surface area contributed by atoms with E-state index >= 15 is 0 Å². The van der Waals surface area contributed by atoms with Gasteiger partial charge < -0.3 is 16.0 Å². The molecule has 0 unspecified atom stereocenters. The van der Waals surface area contributed by atoms with Crippen molar-refractivity contribution >= 4 is 17.5 Å². The number of hydrogen-bond donors (Lipinski definition) is 3. The zero-order chi connectivity index (χ0) is 16.0. The van der Waals surface area contributed by atoms with Crippen LogP contribution in [0.4, 0.5) is 11.6 Å². The molecule has 6 heteroatoms. The average molecular weight is 293 g/mol. The highest BCUT2D eigenvalue weighted by Crippen LogP contribution is 2.22. The van der Waals surface area contributed by atoms with Crippen LogP contribution in [0.15, 0.2) is 6.07 Å². The van der Waals surface area contributed by atoms with Gasteiger partial charge in [0.25, 0.3) is 0 Å². The van der Waals surface area contributed by atoms with E-state index < -0.39 is 0 Å². The van der Waals surface area contributed by atoms with E-state index in [4.69, 9.17) is 0 Å². The standard InChI is InChI=1S/C15H27N5O/c1-7-16-11-8-12(17-9-13(21)18-10(2)3)20-14(19-11)15(4,5)6/h8,10H,7,9H2,1-6H3,(H,18,21)(H2,16,17,19,20). The predicted octanol–water partition coefficient (Wildman–Crippen LogP) is 2.14. The topological polar surface area (TPSA) is 78.9 Å². The molecule has 118 valence electrons. The number of nitrogens with zero attached hydrogens (tertiary/aromatic N) is 2. The van der Waals surface area contributed by atoms with Crippen molar-refractivity contribution in [2.75, 3.05) is 23.7 Å². The summed E-state index contributed by atoms with van der Waals surface area (Å²) in [7, 11) is 0. The van der Waals surface area contributed by atoms with E-state index in [1.54, 1.807) is 0 Å². The highest BCUT2D eigenvalue weighted by atomic mass is 16.1. The Kier molecular flexibility index (Phi) is 5.93. The highest BCUT2D eigenvalue weighted by molar-refractivity contribution is 5.80. The summed E-state index contributed by atoms with van der Waals surface area (Å²) in [5.41, 5.74) is -0.151. The van der Waals surface area contributed by atoms with Crippen LogP contribution in [0, 0.1) is 0 Å². The first-order valence-electron chi connectivity index (χ1n) is 7.39. The molecule has 6 nitrogen and oxygen atoms in total. The molecule has 0 aliphatic heterocycles. The Labute approximate surface area is 127 Å². The van der Waals surface area contributed by atoms with Gasteiger partial charge in [-0.15, -0.1) is 0 Å². The Morgan fingerprint density at radius 2 is 1.76 bits per heavy atom. The summed E-state index contributed by atoms with van der Waals surface area (Å²) in [6, 6.07) is 1.95. The maximum atomic E-state index is 11.7. The molecule has 0 aliphatic rings. The van der Waals surface area contributed by atoms with Crippen LogP contribution in [0.25, 0.3) is 0 Å². The molecule has 1 amide bonds. The molecule has 3 N–H and O–H groups in total. The first-order valence-corrected chi connectivity index (χ1v) is 7.39. The van der Waals surface area contributed by atoms with Crippen molar-refractivity contribution in [3.8, 4) is 0 Å². The SMILES string of the molecule is CCNc1cc(NCC(=O)NC(C)C)nc(C(C)(C)C)n1. The summed E-state index contributed by atoms with van der Waals surface area (Å²) in [6.07, 6.45) is 0. The van der Waals surface area contributed by atoms with Crippen LogP contribution in [-0.4, -0.2) is 35.0 Å². The lowest BCUT2D eigenvalue weighted by atomic mass is 9.96. The molecule has 0 saturated carbocycles. The Hall–Kier alpha value is -1.85. The van der Waals surface area contributed by atoms with Gasteiger partial charge >= 0.3 is 0 Å². The van der Waals surface area contributed by atoms with Crippen molar-refractivity contribution in [1.29, 1.82) is 0 Å². The molecule has 1 heterocycles. The molecule has 0 bridgehead atoms. The number of rotatable bonds is 6. The molecule has 1 aromatic heterocycles. The molecule has 0 atom stereocenters. The minimum atomic E-state index is -0.151. The molecule has 0 aliphatic carbocycles. The van der Waals surface area contributed by atoms with Crippen LogP contribution in [0.3, 0.4) is 0 Å². The first kappa shape index (κ1) is 17.2. The third-order valence-corrected chi connectivity index (χ3v) is 2.63. The van der Waals surface area contributed by atoms with Gasteiger partial charge in [-0.2, -0.15) is 0 Å². The van der Waals surface area contributed by atoms with Gasteiger partial charge in [0, 0.05) is 24.1 Å². The van der Waals surface area contributed by atoms with Crippen LogP contribution < -0.4 is 16.0 Å². The number of anilines is 2. The van der Waals surface area contributed by atoms with Crippen molar-refractivity contribution in [3.05, 3.63) is 11.9 Å². The number of hydrogen-bond acceptors (Lipinski definition) is 5. The van der Waals surface area contributed by atoms with Gasteiger partial charge in [0.2, 0.25) is 5.91 Å². The van der Waals surface area contributed by atoms with Gasteiger partial charge in [-0.3, -0.25) is 4.79 Å². The molecule has 0 aromatic carbocycles. The first-order chi connectivity index (χ1) is 9.72.